The number of aromatic nitrogens is 2. The maximum atomic E-state index is 6.14. The summed E-state index contributed by atoms with van der Waals surface area (Å²) in [7, 11) is 0. The molecule has 2 heterocycles. The van der Waals surface area contributed by atoms with E-state index < -0.39 is 0 Å². The number of para-hydroxylation sites is 2. The predicted octanol–water partition coefficient (Wildman–Crippen LogP) is 3.90. The van der Waals surface area contributed by atoms with Gasteiger partial charge in [-0.05, 0) is 24.1 Å². The summed E-state index contributed by atoms with van der Waals surface area (Å²) >= 11 is 0. The molecular weight excluding hydrogens is 300 g/mol. The number of hydrogen-bond donors (Lipinski definition) is 0. The Bertz CT molecular complexity index is 771. The lowest BCUT2D eigenvalue weighted by Crippen LogP contribution is -2.32. The molecular formula is C20H20N2O2. The van der Waals surface area contributed by atoms with Gasteiger partial charge in [0, 0.05) is 24.9 Å². The van der Waals surface area contributed by atoms with Crippen LogP contribution < -0.4 is 9.47 Å². The second-order valence-corrected chi connectivity index (χ2v) is 6.09. The van der Waals surface area contributed by atoms with Gasteiger partial charge in [-0.2, -0.15) is 0 Å². The van der Waals surface area contributed by atoms with E-state index in [1.807, 2.05) is 49.1 Å². The largest absolute Gasteiger partial charge is 0.486 e. The molecule has 1 aliphatic rings. The van der Waals surface area contributed by atoms with Crippen LogP contribution in [0.3, 0.4) is 0 Å². The minimum absolute atomic E-state index is 0.0380. The Balaban J connectivity index is 1.50. The van der Waals surface area contributed by atoms with Crippen molar-refractivity contribution in [3.63, 3.8) is 0 Å². The third kappa shape index (κ3) is 3.27. The standard InChI is InChI=1S/C20H20N2O2/c1-2-6-16(7-3-1)12-17(22-11-10-21-15-22)13-18-14-23-19-8-4-5-9-20(19)24-18/h1-11,15,17-18H,12-14H2. The van der Waals surface area contributed by atoms with Gasteiger partial charge in [0.2, 0.25) is 0 Å². The van der Waals surface area contributed by atoms with Crippen molar-refractivity contribution < 1.29 is 9.47 Å². The zero-order valence-electron chi connectivity index (χ0n) is 13.4. The fraction of sp³-hybridized carbons (Fsp3) is 0.250. The number of imidazole rings is 1. The molecule has 0 bridgehead atoms. The van der Waals surface area contributed by atoms with Crippen molar-refractivity contribution >= 4 is 0 Å². The first-order valence-corrected chi connectivity index (χ1v) is 8.28. The van der Waals surface area contributed by atoms with E-state index in [1.165, 1.54) is 5.56 Å². The van der Waals surface area contributed by atoms with Crippen LogP contribution in [0.4, 0.5) is 0 Å². The Morgan fingerprint density at radius 3 is 2.62 bits per heavy atom. The van der Waals surface area contributed by atoms with Crippen molar-refractivity contribution in [3.05, 3.63) is 78.9 Å². The van der Waals surface area contributed by atoms with Gasteiger partial charge in [0.25, 0.3) is 0 Å². The van der Waals surface area contributed by atoms with Crippen molar-refractivity contribution in [3.8, 4) is 11.5 Å². The fourth-order valence-corrected chi connectivity index (χ4v) is 3.16. The first-order valence-electron chi connectivity index (χ1n) is 8.28. The van der Waals surface area contributed by atoms with E-state index in [4.69, 9.17) is 9.47 Å². The van der Waals surface area contributed by atoms with Gasteiger partial charge in [-0.1, -0.05) is 42.5 Å². The molecule has 0 saturated carbocycles. The lowest BCUT2D eigenvalue weighted by molar-refractivity contribution is 0.0732. The molecule has 1 aliphatic heterocycles. The number of ether oxygens (including phenoxy) is 2. The van der Waals surface area contributed by atoms with Gasteiger partial charge in [0.05, 0.1) is 6.33 Å². The van der Waals surface area contributed by atoms with Crippen LogP contribution in [0.1, 0.15) is 18.0 Å². The van der Waals surface area contributed by atoms with Crippen molar-refractivity contribution in [2.45, 2.75) is 25.0 Å². The summed E-state index contributed by atoms with van der Waals surface area (Å²) in [5, 5.41) is 0. The molecule has 0 amide bonds. The van der Waals surface area contributed by atoms with Gasteiger partial charge in [-0.15, -0.1) is 0 Å². The Morgan fingerprint density at radius 1 is 1.04 bits per heavy atom. The van der Waals surface area contributed by atoms with E-state index >= 15 is 0 Å². The van der Waals surface area contributed by atoms with Crippen LogP contribution in [-0.2, 0) is 6.42 Å². The van der Waals surface area contributed by atoms with Gasteiger partial charge in [-0.3, -0.25) is 0 Å². The van der Waals surface area contributed by atoms with Crippen LogP contribution >= 0.6 is 0 Å². The summed E-state index contributed by atoms with van der Waals surface area (Å²) in [5.41, 5.74) is 1.31. The molecule has 0 N–H and O–H groups in total. The molecule has 0 aliphatic carbocycles. The average Bonchev–Trinajstić information content (AvgIpc) is 3.17. The van der Waals surface area contributed by atoms with E-state index in [0.29, 0.717) is 6.61 Å². The van der Waals surface area contributed by atoms with Crippen molar-refractivity contribution in [1.29, 1.82) is 0 Å². The summed E-state index contributed by atoms with van der Waals surface area (Å²) < 4.78 is 14.2. The van der Waals surface area contributed by atoms with Crippen LogP contribution in [0, 0.1) is 0 Å². The molecule has 24 heavy (non-hydrogen) atoms. The Hall–Kier alpha value is -2.75. The molecule has 1 aromatic heterocycles. The molecule has 2 unspecified atom stereocenters. The predicted molar refractivity (Wildman–Crippen MR) is 92.4 cm³/mol. The minimum Gasteiger partial charge on any atom is -0.486 e. The second kappa shape index (κ2) is 6.79. The zero-order valence-corrected chi connectivity index (χ0v) is 13.4. The summed E-state index contributed by atoms with van der Waals surface area (Å²) in [6.45, 7) is 0.580. The summed E-state index contributed by atoms with van der Waals surface area (Å²) in [5.74, 6) is 1.66. The van der Waals surface area contributed by atoms with E-state index in [0.717, 1.165) is 24.3 Å². The highest BCUT2D eigenvalue weighted by Gasteiger charge is 2.25. The first-order chi connectivity index (χ1) is 11.9. The lowest BCUT2D eigenvalue weighted by Gasteiger charge is -2.30. The van der Waals surface area contributed by atoms with Crippen LogP contribution in [0.25, 0.3) is 0 Å². The number of rotatable bonds is 5. The monoisotopic (exact) mass is 320 g/mol. The van der Waals surface area contributed by atoms with E-state index in [9.17, 15) is 0 Å². The normalized spacial score (nSPS) is 17.4. The van der Waals surface area contributed by atoms with E-state index in [2.05, 4.69) is 33.8 Å². The Kier molecular flexibility index (Phi) is 4.19. The number of hydrogen-bond acceptors (Lipinski definition) is 3. The van der Waals surface area contributed by atoms with Gasteiger partial charge in [0.15, 0.2) is 11.5 Å². The van der Waals surface area contributed by atoms with Gasteiger partial charge >= 0.3 is 0 Å². The maximum absolute atomic E-state index is 6.14. The van der Waals surface area contributed by atoms with Crippen LogP contribution in [-0.4, -0.2) is 22.3 Å². The Morgan fingerprint density at radius 2 is 1.83 bits per heavy atom. The lowest BCUT2D eigenvalue weighted by atomic mass is 10.00. The van der Waals surface area contributed by atoms with E-state index in [1.54, 1.807) is 0 Å². The van der Waals surface area contributed by atoms with Gasteiger partial charge in [-0.25, -0.2) is 4.98 Å². The summed E-state index contributed by atoms with van der Waals surface area (Å²) in [4.78, 5) is 4.20. The van der Waals surface area contributed by atoms with Crippen LogP contribution in [0.2, 0.25) is 0 Å². The van der Waals surface area contributed by atoms with Crippen LogP contribution in [0.5, 0.6) is 11.5 Å². The highest BCUT2D eigenvalue weighted by Crippen LogP contribution is 2.33. The molecule has 4 nitrogen and oxygen atoms in total. The summed E-state index contributed by atoms with van der Waals surface area (Å²) in [6, 6.07) is 18.7. The molecule has 3 aromatic rings. The maximum Gasteiger partial charge on any atom is 0.161 e. The highest BCUT2D eigenvalue weighted by molar-refractivity contribution is 5.40. The minimum atomic E-state index is 0.0380. The zero-order chi connectivity index (χ0) is 16.2. The molecule has 122 valence electrons. The molecule has 0 spiro atoms. The van der Waals surface area contributed by atoms with Crippen molar-refractivity contribution in [1.82, 2.24) is 9.55 Å². The van der Waals surface area contributed by atoms with Crippen molar-refractivity contribution in [2.24, 2.45) is 0 Å². The van der Waals surface area contributed by atoms with Crippen LogP contribution in [0.15, 0.2) is 73.3 Å². The number of nitrogens with zero attached hydrogens (tertiary/aromatic N) is 2. The molecule has 0 fully saturated rings. The molecule has 2 atom stereocenters. The third-order valence-electron chi connectivity index (χ3n) is 4.36. The first kappa shape index (κ1) is 14.8. The molecule has 4 heteroatoms. The second-order valence-electron chi connectivity index (χ2n) is 6.09. The van der Waals surface area contributed by atoms with Crippen molar-refractivity contribution in [2.75, 3.05) is 6.61 Å². The number of benzene rings is 2. The third-order valence-corrected chi connectivity index (χ3v) is 4.36. The van der Waals surface area contributed by atoms with E-state index in [-0.39, 0.29) is 12.1 Å². The summed E-state index contributed by atoms with van der Waals surface area (Å²) in [6.07, 6.45) is 7.58. The molecule has 0 radical (unpaired) electrons. The van der Waals surface area contributed by atoms with Gasteiger partial charge < -0.3 is 14.0 Å². The molecule has 4 rings (SSSR count). The average molecular weight is 320 g/mol. The Labute approximate surface area is 141 Å². The van der Waals surface area contributed by atoms with Gasteiger partial charge in [0.1, 0.15) is 12.7 Å². The quantitative estimate of drug-likeness (QED) is 0.715. The highest BCUT2D eigenvalue weighted by atomic mass is 16.6. The number of fused-ring (bicyclic) bond motifs is 1. The SMILES string of the molecule is c1ccc(CC(CC2COc3ccccc3O2)n2ccnc2)cc1. The molecule has 0 saturated heterocycles. The topological polar surface area (TPSA) is 36.3 Å². The molecule has 2 aromatic carbocycles. The fourth-order valence-electron chi connectivity index (χ4n) is 3.16. The smallest absolute Gasteiger partial charge is 0.161 e.